The third-order valence-corrected chi connectivity index (χ3v) is 1.63. The number of rotatable bonds is 4. The molecule has 0 fully saturated rings. The summed E-state index contributed by atoms with van der Waals surface area (Å²) in [6.45, 7) is 2.62. The van der Waals surface area contributed by atoms with E-state index >= 15 is 0 Å². The van der Waals surface area contributed by atoms with Gasteiger partial charge in [0, 0.05) is 27.2 Å². The molecule has 5 heteroatoms. The molecule has 0 aromatic rings. The van der Waals surface area contributed by atoms with E-state index in [1.807, 2.05) is 6.92 Å². The number of carbonyl (C=O) groups excluding carboxylic acids is 1. The van der Waals surface area contributed by atoms with E-state index in [9.17, 15) is 9.59 Å². The highest BCUT2D eigenvalue weighted by Crippen LogP contribution is 1.96. The Labute approximate surface area is 77.9 Å². The first kappa shape index (κ1) is 11.7. The monoisotopic (exact) mass is 188 g/mol. The van der Waals surface area contributed by atoms with E-state index in [1.54, 1.807) is 14.1 Å². The van der Waals surface area contributed by atoms with Crippen molar-refractivity contribution < 1.29 is 14.7 Å². The fourth-order valence-electron chi connectivity index (χ4n) is 0.902. The van der Waals surface area contributed by atoms with E-state index in [4.69, 9.17) is 5.11 Å². The fraction of sp³-hybridized carbons (Fsp3) is 0.750. The van der Waals surface area contributed by atoms with E-state index in [0.717, 1.165) is 0 Å². The molecule has 0 heterocycles. The molecule has 0 radical (unpaired) electrons. The van der Waals surface area contributed by atoms with Gasteiger partial charge in [0.05, 0.1) is 6.42 Å². The summed E-state index contributed by atoms with van der Waals surface area (Å²) in [5, 5.41) is 8.43. The minimum atomic E-state index is -0.884. The van der Waals surface area contributed by atoms with Gasteiger partial charge in [-0.25, -0.2) is 4.79 Å². The lowest BCUT2D eigenvalue weighted by Crippen LogP contribution is -2.40. The van der Waals surface area contributed by atoms with Crippen molar-refractivity contribution in [1.82, 2.24) is 9.80 Å². The van der Waals surface area contributed by atoms with Crippen LogP contribution in [-0.2, 0) is 4.79 Å². The molecule has 0 aliphatic rings. The molecule has 0 rings (SSSR count). The van der Waals surface area contributed by atoms with Gasteiger partial charge in [-0.2, -0.15) is 0 Å². The highest BCUT2D eigenvalue weighted by Gasteiger charge is 2.13. The van der Waals surface area contributed by atoms with Crippen molar-refractivity contribution in [2.75, 3.05) is 27.2 Å². The van der Waals surface area contributed by atoms with Gasteiger partial charge in [-0.3, -0.25) is 4.79 Å². The molecule has 0 atom stereocenters. The first-order chi connectivity index (χ1) is 5.99. The van der Waals surface area contributed by atoms with Gasteiger partial charge >= 0.3 is 12.0 Å². The first-order valence-corrected chi connectivity index (χ1v) is 4.17. The van der Waals surface area contributed by atoms with E-state index < -0.39 is 5.97 Å². The zero-order valence-electron chi connectivity index (χ0n) is 8.28. The van der Waals surface area contributed by atoms with Crippen LogP contribution >= 0.6 is 0 Å². The van der Waals surface area contributed by atoms with Gasteiger partial charge in [-0.1, -0.05) is 0 Å². The minimum Gasteiger partial charge on any atom is -0.481 e. The number of nitrogens with zero attached hydrogens (tertiary/aromatic N) is 2. The summed E-state index contributed by atoms with van der Waals surface area (Å²) in [5.41, 5.74) is 0. The third kappa shape index (κ3) is 4.35. The van der Waals surface area contributed by atoms with Crippen LogP contribution in [0.2, 0.25) is 0 Å². The molecule has 0 aliphatic heterocycles. The Morgan fingerprint density at radius 3 is 2.15 bits per heavy atom. The van der Waals surface area contributed by atoms with Crippen molar-refractivity contribution >= 4 is 12.0 Å². The Morgan fingerprint density at radius 2 is 1.85 bits per heavy atom. The number of hydrogen-bond donors (Lipinski definition) is 1. The molecule has 0 bridgehead atoms. The van der Waals surface area contributed by atoms with Crippen LogP contribution in [0.4, 0.5) is 4.79 Å². The Balaban J connectivity index is 4.02. The largest absolute Gasteiger partial charge is 0.481 e. The van der Waals surface area contributed by atoms with Crippen LogP contribution in [-0.4, -0.2) is 54.1 Å². The average molecular weight is 188 g/mol. The summed E-state index contributed by atoms with van der Waals surface area (Å²) in [5.74, 6) is -0.884. The molecule has 76 valence electrons. The molecule has 0 aliphatic carbocycles. The van der Waals surface area contributed by atoms with Gasteiger partial charge in [0.15, 0.2) is 0 Å². The second-order valence-electron chi connectivity index (χ2n) is 2.90. The summed E-state index contributed by atoms with van der Waals surface area (Å²) >= 11 is 0. The lowest BCUT2D eigenvalue weighted by molar-refractivity contribution is -0.137. The van der Waals surface area contributed by atoms with Crippen LogP contribution in [0.1, 0.15) is 13.3 Å². The number of amides is 2. The number of carbonyl (C=O) groups is 2. The Hall–Kier alpha value is -1.26. The van der Waals surface area contributed by atoms with Crippen LogP contribution in [0.25, 0.3) is 0 Å². The predicted octanol–water partition coefficient (Wildman–Crippen LogP) is 0.465. The van der Waals surface area contributed by atoms with E-state index in [-0.39, 0.29) is 19.0 Å². The van der Waals surface area contributed by atoms with E-state index in [2.05, 4.69) is 0 Å². The van der Waals surface area contributed by atoms with Gasteiger partial charge in [-0.05, 0) is 6.92 Å². The summed E-state index contributed by atoms with van der Waals surface area (Å²) < 4.78 is 0. The molecule has 1 N–H and O–H groups in total. The van der Waals surface area contributed by atoms with Crippen molar-refractivity contribution in [2.24, 2.45) is 0 Å². The first-order valence-electron chi connectivity index (χ1n) is 4.17. The zero-order chi connectivity index (χ0) is 10.4. The summed E-state index contributed by atoms with van der Waals surface area (Å²) in [4.78, 5) is 24.5. The molecule has 0 spiro atoms. The smallest absolute Gasteiger partial charge is 0.319 e. The molecule has 0 aromatic carbocycles. The lowest BCUT2D eigenvalue weighted by Gasteiger charge is -2.23. The number of aliphatic carboxylic acids is 1. The number of carboxylic acid groups (broad SMARTS) is 1. The summed E-state index contributed by atoms with van der Waals surface area (Å²) in [6.07, 6.45) is -0.00653. The van der Waals surface area contributed by atoms with Crippen molar-refractivity contribution in [2.45, 2.75) is 13.3 Å². The molecule has 5 nitrogen and oxygen atoms in total. The maximum atomic E-state index is 11.3. The lowest BCUT2D eigenvalue weighted by atomic mass is 10.4. The number of carboxylic acids is 1. The van der Waals surface area contributed by atoms with Crippen molar-refractivity contribution in [3.8, 4) is 0 Å². The van der Waals surface area contributed by atoms with Gasteiger partial charge < -0.3 is 14.9 Å². The number of hydrogen-bond acceptors (Lipinski definition) is 2. The van der Waals surface area contributed by atoms with Crippen LogP contribution < -0.4 is 0 Å². The molecule has 0 aromatic heterocycles. The molecule has 0 saturated heterocycles. The van der Waals surface area contributed by atoms with Gasteiger partial charge in [0.25, 0.3) is 0 Å². The highest BCUT2D eigenvalue weighted by atomic mass is 16.4. The molecular formula is C8H16N2O3. The van der Waals surface area contributed by atoms with E-state index in [1.165, 1.54) is 9.80 Å². The van der Waals surface area contributed by atoms with Gasteiger partial charge in [0.2, 0.25) is 0 Å². The molecule has 0 saturated carbocycles. The third-order valence-electron chi connectivity index (χ3n) is 1.63. The molecule has 2 amide bonds. The van der Waals surface area contributed by atoms with Crippen LogP contribution in [0.5, 0.6) is 0 Å². The number of urea groups is 1. The van der Waals surface area contributed by atoms with Crippen molar-refractivity contribution in [1.29, 1.82) is 0 Å². The fourth-order valence-corrected chi connectivity index (χ4v) is 0.902. The Bertz CT molecular complexity index is 192. The summed E-state index contributed by atoms with van der Waals surface area (Å²) in [7, 11) is 3.29. The quantitative estimate of drug-likeness (QED) is 0.697. The van der Waals surface area contributed by atoms with Crippen LogP contribution in [0, 0.1) is 0 Å². The van der Waals surface area contributed by atoms with Crippen LogP contribution in [0.15, 0.2) is 0 Å². The normalized spacial score (nSPS) is 9.46. The molecule has 0 unspecified atom stereocenters. The van der Waals surface area contributed by atoms with Crippen molar-refractivity contribution in [3.05, 3.63) is 0 Å². The SMILES string of the molecule is CCN(CCC(=O)O)C(=O)N(C)C. The van der Waals surface area contributed by atoms with Crippen LogP contribution in [0.3, 0.4) is 0 Å². The maximum Gasteiger partial charge on any atom is 0.319 e. The molecule has 13 heavy (non-hydrogen) atoms. The standard InChI is InChI=1S/C8H16N2O3/c1-4-10(6-5-7(11)12)8(13)9(2)3/h4-6H2,1-3H3,(H,11,12). The minimum absolute atomic E-state index is 0.00653. The Morgan fingerprint density at radius 1 is 1.31 bits per heavy atom. The summed E-state index contributed by atoms with van der Waals surface area (Å²) in [6, 6.07) is -0.149. The maximum absolute atomic E-state index is 11.3. The van der Waals surface area contributed by atoms with Crippen molar-refractivity contribution in [3.63, 3.8) is 0 Å². The average Bonchev–Trinajstić information content (AvgIpc) is 2.04. The highest BCUT2D eigenvalue weighted by molar-refractivity contribution is 5.74. The topological polar surface area (TPSA) is 60.9 Å². The Kier molecular flexibility index (Phi) is 4.87. The molecular weight excluding hydrogens is 172 g/mol. The van der Waals surface area contributed by atoms with E-state index in [0.29, 0.717) is 6.54 Å². The second-order valence-corrected chi connectivity index (χ2v) is 2.90. The predicted molar refractivity (Wildman–Crippen MR) is 48.6 cm³/mol. The van der Waals surface area contributed by atoms with Gasteiger partial charge in [0.1, 0.15) is 0 Å². The second kappa shape index (κ2) is 5.40. The zero-order valence-corrected chi connectivity index (χ0v) is 8.28. The van der Waals surface area contributed by atoms with Gasteiger partial charge in [-0.15, -0.1) is 0 Å².